The minimum Gasteiger partial charge on any atom is -0.354 e. The molecule has 136 valence electrons. The Labute approximate surface area is 147 Å². The molecule has 1 aliphatic rings. The van der Waals surface area contributed by atoms with Gasteiger partial charge in [0.25, 0.3) is 0 Å². The Bertz CT molecular complexity index is 879. The first-order chi connectivity index (χ1) is 11.8. The van der Waals surface area contributed by atoms with E-state index in [2.05, 4.69) is 26.8 Å². The third kappa shape index (κ3) is 3.76. The number of aromatic amines is 1. The Balaban J connectivity index is 1.82. The number of aromatic nitrogens is 3. The van der Waals surface area contributed by atoms with E-state index < -0.39 is 15.6 Å². The smallest absolute Gasteiger partial charge is 0.237 e. The van der Waals surface area contributed by atoms with Crippen molar-refractivity contribution >= 4 is 32.6 Å². The molecular formula is C16H23N5O3S. The predicted octanol–water partition coefficient (Wildman–Crippen LogP) is 0.676. The lowest BCUT2D eigenvalue weighted by Crippen LogP contribution is -2.53. The van der Waals surface area contributed by atoms with Crippen molar-refractivity contribution in [1.82, 2.24) is 19.9 Å². The fourth-order valence-electron chi connectivity index (χ4n) is 3.39. The molecule has 1 aliphatic heterocycles. The summed E-state index contributed by atoms with van der Waals surface area (Å²) >= 11 is 0. The third-order valence-electron chi connectivity index (χ3n) is 4.82. The number of sulfone groups is 1. The monoisotopic (exact) mass is 365 g/mol. The van der Waals surface area contributed by atoms with Gasteiger partial charge in [0.15, 0.2) is 9.84 Å². The van der Waals surface area contributed by atoms with E-state index in [1.807, 2.05) is 19.3 Å². The Morgan fingerprint density at radius 2 is 2.20 bits per heavy atom. The van der Waals surface area contributed by atoms with E-state index in [9.17, 15) is 13.2 Å². The van der Waals surface area contributed by atoms with Crippen molar-refractivity contribution in [2.75, 3.05) is 37.0 Å². The zero-order chi connectivity index (χ0) is 18.2. The van der Waals surface area contributed by atoms with Crippen molar-refractivity contribution in [2.24, 2.45) is 5.92 Å². The number of fused-ring (bicyclic) bond motifs is 1. The number of likely N-dealkylation sites (N-methyl/N-ethyl adjacent to an activating group) is 1. The van der Waals surface area contributed by atoms with Crippen LogP contribution in [-0.2, 0) is 14.6 Å². The lowest BCUT2D eigenvalue weighted by atomic mass is 9.92. The van der Waals surface area contributed by atoms with Crippen LogP contribution in [0, 0.1) is 5.92 Å². The number of hydrogen-bond acceptors (Lipinski definition) is 6. The molecule has 0 spiro atoms. The van der Waals surface area contributed by atoms with Crippen LogP contribution in [0.15, 0.2) is 18.6 Å². The minimum atomic E-state index is -3.33. The summed E-state index contributed by atoms with van der Waals surface area (Å²) < 4.78 is 22.8. The maximum atomic E-state index is 12.3. The number of likely N-dealkylation sites (tertiary alicyclic amines) is 1. The molecule has 2 aromatic heterocycles. The molecule has 0 aliphatic carbocycles. The van der Waals surface area contributed by atoms with Crippen molar-refractivity contribution in [3.05, 3.63) is 18.6 Å². The summed E-state index contributed by atoms with van der Waals surface area (Å²) in [5, 5.41) is 0.928. The molecule has 1 amide bonds. The molecule has 2 atom stereocenters. The van der Waals surface area contributed by atoms with Crippen LogP contribution in [0.2, 0.25) is 0 Å². The summed E-state index contributed by atoms with van der Waals surface area (Å²) in [5.74, 6) is 0.395. The molecule has 2 aromatic rings. The number of carbonyl (C=O) groups excluding carboxylic acids is 1. The van der Waals surface area contributed by atoms with Crippen molar-refractivity contribution in [3.63, 3.8) is 0 Å². The number of piperidine rings is 1. The van der Waals surface area contributed by atoms with E-state index >= 15 is 0 Å². The van der Waals surface area contributed by atoms with Crippen LogP contribution in [0.3, 0.4) is 0 Å². The average Bonchev–Trinajstić information content (AvgIpc) is 3.01. The molecular weight excluding hydrogens is 342 g/mol. The first-order valence-electron chi connectivity index (χ1n) is 8.22. The maximum Gasteiger partial charge on any atom is 0.237 e. The van der Waals surface area contributed by atoms with Gasteiger partial charge in [0.2, 0.25) is 5.91 Å². The van der Waals surface area contributed by atoms with Gasteiger partial charge in [-0.25, -0.2) is 18.4 Å². The molecule has 1 fully saturated rings. The zero-order valence-corrected chi connectivity index (χ0v) is 15.5. The zero-order valence-electron chi connectivity index (χ0n) is 14.6. The predicted molar refractivity (Wildman–Crippen MR) is 96.2 cm³/mol. The molecule has 1 N–H and O–H groups in total. The van der Waals surface area contributed by atoms with Crippen molar-refractivity contribution in [1.29, 1.82) is 0 Å². The Morgan fingerprint density at radius 3 is 2.92 bits per heavy atom. The molecule has 3 rings (SSSR count). The normalized spacial score (nSPS) is 21.5. The number of carbonyl (C=O) groups is 1. The maximum absolute atomic E-state index is 12.3. The van der Waals surface area contributed by atoms with Crippen LogP contribution >= 0.6 is 0 Å². The second-order valence-electron chi connectivity index (χ2n) is 6.79. The van der Waals surface area contributed by atoms with Gasteiger partial charge in [0.05, 0.1) is 11.4 Å². The van der Waals surface area contributed by atoms with Crippen LogP contribution in [0.25, 0.3) is 11.0 Å². The van der Waals surface area contributed by atoms with E-state index in [1.165, 1.54) is 6.33 Å². The van der Waals surface area contributed by atoms with Gasteiger partial charge in [0.1, 0.15) is 23.5 Å². The quantitative estimate of drug-likeness (QED) is 0.855. The van der Waals surface area contributed by atoms with Crippen LogP contribution in [0.4, 0.5) is 5.82 Å². The van der Waals surface area contributed by atoms with Gasteiger partial charge < -0.3 is 14.8 Å². The second-order valence-corrected chi connectivity index (χ2v) is 8.93. The van der Waals surface area contributed by atoms with E-state index in [0.29, 0.717) is 19.0 Å². The number of anilines is 1. The van der Waals surface area contributed by atoms with E-state index in [-0.39, 0.29) is 11.9 Å². The van der Waals surface area contributed by atoms with Crippen LogP contribution in [0.1, 0.15) is 13.3 Å². The van der Waals surface area contributed by atoms with E-state index in [4.69, 9.17) is 0 Å². The Kier molecular flexibility index (Phi) is 4.68. The minimum absolute atomic E-state index is 0.0604. The molecule has 3 heterocycles. The van der Waals surface area contributed by atoms with E-state index in [1.54, 1.807) is 4.90 Å². The SMILES string of the molecule is C[C@H]1CCN(C(=O)CS(C)(=O)=O)C[C@@H]1N(C)c1ncnc2[nH]ccc12. The van der Waals surface area contributed by atoms with Gasteiger partial charge in [-0.2, -0.15) is 0 Å². The molecule has 8 nitrogen and oxygen atoms in total. The van der Waals surface area contributed by atoms with Crippen LogP contribution in [0.5, 0.6) is 0 Å². The molecule has 0 saturated carbocycles. The summed E-state index contributed by atoms with van der Waals surface area (Å²) in [6.45, 7) is 3.22. The topological polar surface area (TPSA) is 99.3 Å². The van der Waals surface area contributed by atoms with Gasteiger partial charge in [-0.3, -0.25) is 4.79 Å². The van der Waals surface area contributed by atoms with Gasteiger partial charge in [-0.15, -0.1) is 0 Å². The number of rotatable bonds is 4. The van der Waals surface area contributed by atoms with Gasteiger partial charge in [-0.05, 0) is 18.4 Å². The lowest BCUT2D eigenvalue weighted by molar-refractivity contribution is -0.130. The van der Waals surface area contributed by atoms with Gasteiger partial charge in [0, 0.05) is 32.6 Å². The Hall–Kier alpha value is -2.16. The fourth-order valence-corrected chi connectivity index (χ4v) is 4.02. The second kappa shape index (κ2) is 6.62. The van der Waals surface area contributed by atoms with E-state index in [0.717, 1.165) is 29.5 Å². The number of nitrogens with zero attached hydrogens (tertiary/aromatic N) is 4. The highest BCUT2D eigenvalue weighted by molar-refractivity contribution is 7.91. The summed E-state index contributed by atoms with van der Waals surface area (Å²) in [4.78, 5) is 27.7. The van der Waals surface area contributed by atoms with Crippen molar-refractivity contribution in [2.45, 2.75) is 19.4 Å². The first-order valence-corrected chi connectivity index (χ1v) is 10.3. The van der Waals surface area contributed by atoms with Gasteiger partial charge >= 0.3 is 0 Å². The molecule has 0 unspecified atom stereocenters. The number of H-pyrrole nitrogens is 1. The molecule has 1 saturated heterocycles. The van der Waals surface area contributed by atoms with Crippen LogP contribution in [-0.4, -0.2) is 72.4 Å². The summed E-state index contributed by atoms with van der Waals surface area (Å²) in [6.07, 6.45) is 5.25. The Morgan fingerprint density at radius 1 is 1.44 bits per heavy atom. The highest BCUT2D eigenvalue weighted by Gasteiger charge is 2.33. The summed E-state index contributed by atoms with van der Waals surface area (Å²) in [6, 6.07) is 1.99. The molecule has 9 heteroatoms. The molecule has 0 aromatic carbocycles. The first kappa shape index (κ1) is 17.7. The highest BCUT2D eigenvalue weighted by atomic mass is 32.2. The van der Waals surface area contributed by atoms with Crippen LogP contribution < -0.4 is 4.90 Å². The average molecular weight is 365 g/mol. The number of nitrogens with one attached hydrogen (secondary N) is 1. The fraction of sp³-hybridized carbons (Fsp3) is 0.562. The summed E-state index contributed by atoms with van der Waals surface area (Å²) in [7, 11) is -1.37. The molecule has 0 bridgehead atoms. The highest BCUT2D eigenvalue weighted by Crippen LogP contribution is 2.28. The standard InChI is InChI=1S/C16H23N5O3S/c1-11-5-7-21(14(22)9-25(3,23)24)8-13(11)20(2)16-12-4-6-17-15(12)18-10-19-16/h4,6,10-11,13H,5,7-9H2,1-3H3,(H,17,18,19)/t11-,13-/m0/s1. The molecule has 25 heavy (non-hydrogen) atoms. The van der Waals surface area contributed by atoms with Crippen molar-refractivity contribution < 1.29 is 13.2 Å². The summed E-state index contributed by atoms with van der Waals surface area (Å²) in [5.41, 5.74) is 0.769. The number of amides is 1. The third-order valence-corrected chi connectivity index (χ3v) is 5.59. The number of hydrogen-bond donors (Lipinski definition) is 1. The largest absolute Gasteiger partial charge is 0.354 e. The van der Waals surface area contributed by atoms with Gasteiger partial charge in [-0.1, -0.05) is 6.92 Å². The lowest BCUT2D eigenvalue weighted by Gasteiger charge is -2.42. The van der Waals surface area contributed by atoms with Crippen molar-refractivity contribution in [3.8, 4) is 0 Å². The molecule has 0 radical (unpaired) electrons.